The molecule has 2 atom stereocenters. The molecule has 7 rings (SSSR count). The van der Waals surface area contributed by atoms with Crippen molar-refractivity contribution in [3.63, 3.8) is 0 Å². The highest BCUT2D eigenvalue weighted by molar-refractivity contribution is 6.24. The summed E-state index contributed by atoms with van der Waals surface area (Å²) in [6.45, 7) is 2.46. The molecule has 4 amide bonds. The van der Waals surface area contributed by atoms with Crippen LogP contribution in [-0.2, 0) is 17.6 Å². The minimum atomic E-state index is -0.692. The number of fused-ring (bicyclic) bond motifs is 4. The van der Waals surface area contributed by atoms with Crippen LogP contribution >= 0.6 is 0 Å². The lowest BCUT2D eigenvalue weighted by molar-refractivity contribution is -0.120. The molecular weight excluding hydrogens is 524 g/mol. The van der Waals surface area contributed by atoms with E-state index in [0.29, 0.717) is 30.6 Å². The van der Waals surface area contributed by atoms with Gasteiger partial charge >= 0.3 is 6.03 Å². The van der Waals surface area contributed by atoms with Crippen LogP contribution < -0.4 is 10.2 Å². The summed E-state index contributed by atoms with van der Waals surface area (Å²) in [5.41, 5.74) is 6.67. The van der Waals surface area contributed by atoms with Gasteiger partial charge < -0.3 is 10.3 Å². The lowest BCUT2D eigenvalue weighted by Gasteiger charge is -2.36. The summed E-state index contributed by atoms with van der Waals surface area (Å²) >= 11 is 0. The lowest BCUT2D eigenvalue weighted by atomic mass is 9.87. The molecule has 0 spiro atoms. The summed E-state index contributed by atoms with van der Waals surface area (Å²) in [4.78, 5) is 48.4. The predicted octanol–water partition coefficient (Wildman–Crippen LogP) is 5.93. The molecule has 42 heavy (non-hydrogen) atoms. The molecule has 1 saturated heterocycles. The molecule has 1 fully saturated rings. The second-order valence-corrected chi connectivity index (χ2v) is 10.9. The third-order valence-corrected chi connectivity index (χ3v) is 8.46. The van der Waals surface area contributed by atoms with E-state index in [9.17, 15) is 14.4 Å². The van der Waals surface area contributed by atoms with Crippen LogP contribution in [-0.4, -0.2) is 40.3 Å². The number of urea groups is 1. The summed E-state index contributed by atoms with van der Waals surface area (Å²) < 4.78 is 0. The molecule has 2 N–H and O–H groups in total. The Balaban J connectivity index is 1.26. The number of aryl methyl sites for hydroxylation is 1. The first kappa shape index (κ1) is 25.8. The third kappa shape index (κ3) is 4.16. The van der Waals surface area contributed by atoms with Crippen molar-refractivity contribution in [2.45, 2.75) is 31.8 Å². The zero-order valence-corrected chi connectivity index (χ0v) is 23.2. The van der Waals surface area contributed by atoms with Gasteiger partial charge in [-0.15, -0.1) is 0 Å². The summed E-state index contributed by atoms with van der Waals surface area (Å²) in [6, 6.07) is 31.2. The Labute approximate surface area is 243 Å². The minimum Gasteiger partial charge on any atom is -0.356 e. The number of anilines is 1. The molecule has 2 aliphatic rings. The van der Waals surface area contributed by atoms with Gasteiger partial charge in [0.2, 0.25) is 0 Å². The number of benzene rings is 4. The monoisotopic (exact) mass is 554 g/mol. The van der Waals surface area contributed by atoms with Crippen molar-refractivity contribution in [1.29, 1.82) is 0 Å². The number of rotatable bonds is 6. The molecule has 7 nitrogen and oxygen atoms in total. The van der Waals surface area contributed by atoms with Gasteiger partial charge in [-0.1, -0.05) is 84.9 Å². The number of carbonyl (C=O) groups excluding carboxylic acids is 3. The largest absolute Gasteiger partial charge is 0.356 e. The van der Waals surface area contributed by atoms with Crippen LogP contribution in [0.25, 0.3) is 10.9 Å². The van der Waals surface area contributed by atoms with Crippen molar-refractivity contribution in [2.75, 3.05) is 11.4 Å². The van der Waals surface area contributed by atoms with E-state index >= 15 is 0 Å². The number of aromatic amines is 1. The van der Waals surface area contributed by atoms with Crippen LogP contribution in [0.5, 0.6) is 0 Å². The fraction of sp³-hybridized carbons (Fsp3) is 0.171. The maximum Gasteiger partial charge on any atom is 0.332 e. The minimum absolute atomic E-state index is 0.295. The maximum atomic E-state index is 14.3. The van der Waals surface area contributed by atoms with Gasteiger partial charge in [-0.05, 0) is 53.8 Å². The van der Waals surface area contributed by atoms with Gasteiger partial charge in [-0.25, -0.2) is 9.69 Å². The van der Waals surface area contributed by atoms with Crippen LogP contribution in [0.3, 0.4) is 0 Å². The van der Waals surface area contributed by atoms with Crippen molar-refractivity contribution in [3.8, 4) is 0 Å². The maximum absolute atomic E-state index is 14.3. The highest BCUT2D eigenvalue weighted by atomic mass is 16.2. The van der Waals surface area contributed by atoms with E-state index in [2.05, 4.69) is 16.4 Å². The SMILES string of the molecule is Cc1ccccc1[C@H]1c2[nH]c3ccccc3c2C[C@H]2C(=O)N(c3ccccc3C(=O)NCCc3ccccc3)C(=O)N12. The van der Waals surface area contributed by atoms with Gasteiger partial charge in [0.1, 0.15) is 12.1 Å². The number of nitrogens with zero attached hydrogens (tertiary/aromatic N) is 2. The summed E-state index contributed by atoms with van der Waals surface area (Å²) in [6.07, 6.45) is 1.07. The Bertz CT molecular complexity index is 1840. The van der Waals surface area contributed by atoms with Gasteiger partial charge in [-0.3, -0.25) is 14.5 Å². The number of hydrogen-bond donors (Lipinski definition) is 2. The normalized spacial score (nSPS) is 17.8. The van der Waals surface area contributed by atoms with E-state index in [1.54, 1.807) is 29.2 Å². The molecule has 0 radical (unpaired) electrons. The van der Waals surface area contributed by atoms with E-state index in [1.807, 2.05) is 79.7 Å². The average molecular weight is 555 g/mol. The van der Waals surface area contributed by atoms with Gasteiger partial charge in [-0.2, -0.15) is 0 Å². The Kier molecular flexibility index (Phi) is 6.35. The fourth-order valence-electron chi connectivity index (χ4n) is 6.44. The van der Waals surface area contributed by atoms with Gasteiger partial charge in [0, 0.05) is 29.6 Å². The van der Waals surface area contributed by atoms with Crippen molar-refractivity contribution in [3.05, 3.63) is 137 Å². The zero-order valence-electron chi connectivity index (χ0n) is 23.2. The number of imide groups is 1. The van der Waals surface area contributed by atoms with Gasteiger partial charge in [0.25, 0.3) is 11.8 Å². The van der Waals surface area contributed by atoms with E-state index in [4.69, 9.17) is 0 Å². The Morgan fingerprint density at radius 2 is 1.60 bits per heavy atom. The van der Waals surface area contributed by atoms with Crippen molar-refractivity contribution < 1.29 is 14.4 Å². The first-order valence-electron chi connectivity index (χ1n) is 14.3. The Morgan fingerprint density at radius 1 is 0.881 bits per heavy atom. The zero-order chi connectivity index (χ0) is 28.8. The van der Waals surface area contributed by atoms with E-state index in [0.717, 1.165) is 38.9 Å². The summed E-state index contributed by atoms with van der Waals surface area (Å²) in [5, 5.41) is 4.03. The van der Waals surface area contributed by atoms with Crippen molar-refractivity contribution >= 4 is 34.4 Å². The fourth-order valence-corrected chi connectivity index (χ4v) is 6.44. The first-order valence-corrected chi connectivity index (χ1v) is 14.3. The molecule has 5 aromatic rings. The molecule has 0 saturated carbocycles. The van der Waals surface area contributed by atoms with Crippen LogP contribution in [0.15, 0.2) is 103 Å². The molecule has 7 heteroatoms. The molecule has 4 aromatic carbocycles. The summed E-state index contributed by atoms with van der Waals surface area (Å²) in [7, 11) is 0. The summed E-state index contributed by atoms with van der Waals surface area (Å²) in [5.74, 6) is -0.641. The van der Waals surface area contributed by atoms with E-state index in [1.165, 1.54) is 4.90 Å². The first-order chi connectivity index (χ1) is 20.5. The van der Waals surface area contributed by atoms with Crippen LogP contribution in [0, 0.1) is 6.92 Å². The molecule has 2 aliphatic heterocycles. The number of aromatic nitrogens is 1. The van der Waals surface area contributed by atoms with Crippen LogP contribution in [0.4, 0.5) is 10.5 Å². The second-order valence-electron chi connectivity index (χ2n) is 10.9. The van der Waals surface area contributed by atoms with Gasteiger partial charge in [0.15, 0.2) is 0 Å². The Morgan fingerprint density at radius 3 is 2.43 bits per heavy atom. The topological polar surface area (TPSA) is 85.5 Å². The number of nitrogens with one attached hydrogen (secondary N) is 2. The van der Waals surface area contributed by atoms with E-state index in [-0.39, 0.29) is 11.8 Å². The molecular formula is C35H30N4O3. The van der Waals surface area contributed by atoms with Gasteiger partial charge in [0.05, 0.1) is 11.3 Å². The number of hydrogen-bond acceptors (Lipinski definition) is 3. The third-order valence-electron chi connectivity index (χ3n) is 8.46. The number of para-hydroxylation sites is 2. The smallest absolute Gasteiger partial charge is 0.332 e. The molecule has 208 valence electrons. The molecule has 0 unspecified atom stereocenters. The number of carbonyl (C=O) groups is 3. The second kappa shape index (κ2) is 10.3. The van der Waals surface area contributed by atoms with E-state index < -0.39 is 18.1 Å². The molecule has 1 aromatic heterocycles. The lowest BCUT2D eigenvalue weighted by Crippen LogP contribution is -2.44. The molecule has 3 heterocycles. The van der Waals surface area contributed by atoms with Crippen molar-refractivity contribution in [1.82, 2.24) is 15.2 Å². The molecule has 0 aliphatic carbocycles. The Hall–Kier alpha value is -5.17. The predicted molar refractivity (Wildman–Crippen MR) is 162 cm³/mol. The standard InChI is InChI=1S/C35H30N4O3/c1-22-11-5-6-14-24(22)32-31-27(25-15-7-9-17-28(25)37-31)21-30-34(41)39(35(42)38(30)32)29-18-10-8-16-26(29)33(40)36-20-19-23-12-3-2-4-13-23/h2-18,30,32,37H,19-21H2,1H3,(H,36,40)/t30-,32-/m0/s1. The molecule has 0 bridgehead atoms. The highest BCUT2D eigenvalue weighted by Crippen LogP contribution is 2.45. The number of H-pyrrole nitrogens is 1. The number of amides is 4. The van der Waals surface area contributed by atoms with Crippen molar-refractivity contribution in [2.24, 2.45) is 0 Å². The van der Waals surface area contributed by atoms with Crippen LogP contribution in [0.1, 0.15) is 44.3 Å². The average Bonchev–Trinajstić information content (AvgIpc) is 3.51. The highest BCUT2D eigenvalue weighted by Gasteiger charge is 2.53. The van der Waals surface area contributed by atoms with Crippen LogP contribution in [0.2, 0.25) is 0 Å². The quantitative estimate of drug-likeness (QED) is 0.255.